The highest BCUT2D eigenvalue weighted by Crippen LogP contribution is 2.22. The smallest absolute Gasteiger partial charge is 0.191 e. The van der Waals surface area contributed by atoms with Gasteiger partial charge in [-0.15, -0.1) is 35.3 Å². The van der Waals surface area contributed by atoms with Gasteiger partial charge in [-0.2, -0.15) is 0 Å². The Morgan fingerprint density at radius 1 is 1.17 bits per heavy atom. The number of hydrogen-bond donors (Lipinski definition) is 2. The Balaban J connectivity index is 0.00000320. The van der Waals surface area contributed by atoms with E-state index in [0.29, 0.717) is 6.54 Å². The van der Waals surface area contributed by atoms with Crippen LogP contribution < -0.4 is 10.6 Å². The number of guanidine groups is 1. The van der Waals surface area contributed by atoms with Crippen molar-refractivity contribution in [3.05, 3.63) is 51.0 Å². The summed E-state index contributed by atoms with van der Waals surface area (Å²) >= 11 is 1.72. The molecule has 0 aliphatic carbocycles. The van der Waals surface area contributed by atoms with Gasteiger partial charge >= 0.3 is 0 Å². The molecule has 1 aliphatic rings. The third-order valence-corrected chi connectivity index (χ3v) is 6.26. The number of nitrogens with zero attached hydrogens (tertiary/aromatic N) is 3. The van der Waals surface area contributed by atoms with Gasteiger partial charge in [0.2, 0.25) is 0 Å². The molecule has 1 aliphatic heterocycles. The third kappa shape index (κ3) is 7.18. The van der Waals surface area contributed by atoms with Crippen LogP contribution in [-0.2, 0) is 11.3 Å². The molecule has 0 amide bonds. The number of aromatic nitrogens is 1. The zero-order valence-electron chi connectivity index (χ0n) is 18.4. The number of rotatable bonds is 7. The fourth-order valence-electron chi connectivity index (χ4n) is 3.42. The van der Waals surface area contributed by atoms with Crippen molar-refractivity contribution in [2.45, 2.75) is 40.3 Å². The highest BCUT2D eigenvalue weighted by molar-refractivity contribution is 14.0. The third-order valence-electron chi connectivity index (χ3n) is 5.20. The minimum atomic E-state index is 0. The predicted molar refractivity (Wildman–Crippen MR) is 136 cm³/mol. The highest BCUT2D eigenvalue weighted by Gasteiger charge is 2.22. The van der Waals surface area contributed by atoms with Crippen molar-refractivity contribution in [3.63, 3.8) is 0 Å². The number of aryl methyl sites for hydroxylation is 3. The molecule has 1 aromatic carbocycles. The molecule has 0 radical (unpaired) electrons. The Hall–Kier alpha value is -1.23. The summed E-state index contributed by atoms with van der Waals surface area (Å²) in [5.41, 5.74) is 3.71. The van der Waals surface area contributed by atoms with E-state index in [0.717, 1.165) is 56.1 Å². The number of morpholine rings is 1. The van der Waals surface area contributed by atoms with E-state index >= 15 is 0 Å². The zero-order valence-corrected chi connectivity index (χ0v) is 21.5. The highest BCUT2D eigenvalue weighted by atomic mass is 127. The molecule has 8 heteroatoms. The van der Waals surface area contributed by atoms with Crippen molar-refractivity contribution in [1.29, 1.82) is 0 Å². The van der Waals surface area contributed by atoms with Crippen LogP contribution in [0.2, 0.25) is 0 Å². The summed E-state index contributed by atoms with van der Waals surface area (Å²) in [6.45, 7) is 14.1. The molecule has 0 saturated carbocycles. The Bertz CT molecular complexity index is 783. The first-order valence-electron chi connectivity index (χ1n) is 10.4. The van der Waals surface area contributed by atoms with Crippen molar-refractivity contribution in [2.75, 3.05) is 39.4 Å². The molecule has 3 rings (SSSR count). The maximum Gasteiger partial charge on any atom is 0.191 e. The standard InChI is InChI=1S/C22H33N5OS.HI/c1-5-23-22(25-15-21-26-17(3)18(4)29-21)24-14-20(27-10-12-28-13-11-27)19-8-6-16(2)7-9-19;/h6-9,20H,5,10-15H2,1-4H3,(H2,23,24,25);1H. The molecule has 2 heterocycles. The van der Waals surface area contributed by atoms with Crippen molar-refractivity contribution in [1.82, 2.24) is 20.5 Å². The summed E-state index contributed by atoms with van der Waals surface area (Å²) in [5.74, 6) is 0.836. The maximum atomic E-state index is 5.56. The van der Waals surface area contributed by atoms with Gasteiger partial charge in [-0.3, -0.25) is 4.90 Å². The van der Waals surface area contributed by atoms with Crippen LogP contribution in [0.25, 0.3) is 0 Å². The fraction of sp³-hybridized carbons (Fsp3) is 0.545. The first-order valence-corrected chi connectivity index (χ1v) is 11.2. The molecule has 30 heavy (non-hydrogen) atoms. The summed E-state index contributed by atoms with van der Waals surface area (Å²) in [7, 11) is 0. The summed E-state index contributed by atoms with van der Waals surface area (Å²) in [5, 5.41) is 7.98. The minimum absolute atomic E-state index is 0. The Kier molecular flexibility index (Phi) is 10.5. The van der Waals surface area contributed by atoms with E-state index in [4.69, 9.17) is 9.73 Å². The van der Waals surface area contributed by atoms with Crippen LogP contribution >= 0.6 is 35.3 Å². The fourth-order valence-corrected chi connectivity index (χ4v) is 4.28. The van der Waals surface area contributed by atoms with Crippen LogP contribution in [0, 0.1) is 20.8 Å². The lowest BCUT2D eigenvalue weighted by Crippen LogP contribution is -2.46. The number of halogens is 1. The van der Waals surface area contributed by atoms with Crippen molar-refractivity contribution in [2.24, 2.45) is 4.99 Å². The second-order valence-corrected chi connectivity index (χ2v) is 8.69. The van der Waals surface area contributed by atoms with Crippen molar-refractivity contribution >= 4 is 41.3 Å². The summed E-state index contributed by atoms with van der Waals surface area (Å²) in [6, 6.07) is 9.14. The number of thiazole rings is 1. The van der Waals surface area contributed by atoms with Crippen molar-refractivity contribution in [3.8, 4) is 0 Å². The molecular weight excluding hydrogens is 509 g/mol. The second kappa shape index (κ2) is 12.6. The van der Waals surface area contributed by atoms with Gasteiger partial charge in [0.25, 0.3) is 0 Å². The van der Waals surface area contributed by atoms with Crippen LogP contribution in [0.5, 0.6) is 0 Å². The number of benzene rings is 1. The molecule has 1 fully saturated rings. The lowest BCUT2D eigenvalue weighted by molar-refractivity contribution is 0.0170. The quantitative estimate of drug-likeness (QED) is 0.316. The monoisotopic (exact) mass is 543 g/mol. The van der Waals surface area contributed by atoms with Gasteiger partial charge in [0.1, 0.15) is 5.01 Å². The molecule has 1 atom stereocenters. The summed E-state index contributed by atoms with van der Waals surface area (Å²) in [4.78, 5) is 13.1. The summed E-state index contributed by atoms with van der Waals surface area (Å²) in [6.07, 6.45) is 0. The number of aliphatic imine (C=N–C) groups is 1. The van der Waals surface area contributed by atoms with Crippen LogP contribution in [0.4, 0.5) is 0 Å². The second-order valence-electron chi connectivity index (χ2n) is 7.40. The topological polar surface area (TPSA) is 61.8 Å². The van der Waals surface area contributed by atoms with E-state index in [1.807, 2.05) is 0 Å². The molecular formula is C22H34IN5OS. The van der Waals surface area contributed by atoms with E-state index in [9.17, 15) is 0 Å². The van der Waals surface area contributed by atoms with Gasteiger partial charge in [0.05, 0.1) is 31.5 Å². The first-order chi connectivity index (χ1) is 14.1. The maximum absolute atomic E-state index is 5.56. The van der Waals surface area contributed by atoms with Crippen molar-refractivity contribution < 1.29 is 4.74 Å². The van der Waals surface area contributed by atoms with E-state index in [2.05, 4.69) is 72.5 Å². The van der Waals surface area contributed by atoms with Crippen LogP contribution in [-0.4, -0.2) is 55.2 Å². The normalized spacial score (nSPS) is 16.1. The molecule has 166 valence electrons. The average Bonchev–Trinajstić information content (AvgIpc) is 3.05. The number of nitrogens with one attached hydrogen (secondary N) is 2. The van der Waals surface area contributed by atoms with Gasteiger partial charge in [-0.05, 0) is 33.3 Å². The minimum Gasteiger partial charge on any atom is -0.379 e. The van der Waals surface area contributed by atoms with E-state index in [1.54, 1.807) is 11.3 Å². The van der Waals surface area contributed by atoms with E-state index in [1.165, 1.54) is 16.0 Å². The number of hydrogen-bond acceptors (Lipinski definition) is 5. The van der Waals surface area contributed by atoms with Gasteiger partial charge in [0.15, 0.2) is 5.96 Å². The van der Waals surface area contributed by atoms with Crippen LogP contribution in [0.1, 0.15) is 39.7 Å². The Labute approximate surface area is 201 Å². The molecule has 1 saturated heterocycles. The van der Waals surface area contributed by atoms with Gasteiger partial charge in [-0.25, -0.2) is 9.98 Å². The molecule has 0 bridgehead atoms. The molecule has 6 nitrogen and oxygen atoms in total. The molecule has 0 spiro atoms. The van der Waals surface area contributed by atoms with Crippen LogP contribution in [0.15, 0.2) is 29.3 Å². The molecule has 2 aromatic rings. The summed E-state index contributed by atoms with van der Waals surface area (Å²) < 4.78 is 5.56. The lowest BCUT2D eigenvalue weighted by Gasteiger charge is -2.35. The Morgan fingerprint density at radius 3 is 2.47 bits per heavy atom. The zero-order chi connectivity index (χ0) is 20.6. The lowest BCUT2D eigenvalue weighted by atomic mass is 10.0. The predicted octanol–water partition coefficient (Wildman–Crippen LogP) is 3.81. The molecule has 1 aromatic heterocycles. The molecule has 1 unspecified atom stereocenters. The average molecular weight is 544 g/mol. The van der Waals surface area contributed by atoms with E-state index < -0.39 is 0 Å². The largest absolute Gasteiger partial charge is 0.379 e. The van der Waals surface area contributed by atoms with Crippen LogP contribution in [0.3, 0.4) is 0 Å². The van der Waals surface area contributed by atoms with Gasteiger partial charge < -0.3 is 15.4 Å². The SMILES string of the molecule is CCNC(=NCc1nc(C)c(C)s1)NCC(c1ccc(C)cc1)N1CCOCC1.I. The first kappa shape index (κ1) is 25.0. The van der Waals surface area contributed by atoms with Gasteiger partial charge in [-0.1, -0.05) is 29.8 Å². The Morgan fingerprint density at radius 2 is 1.87 bits per heavy atom. The molecule has 2 N–H and O–H groups in total. The van der Waals surface area contributed by atoms with Gasteiger partial charge in [0, 0.05) is 31.1 Å². The van der Waals surface area contributed by atoms with E-state index in [-0.39, 0.29) is 30.0 Å². The number of ether oxygens (including phenoxy) is 1.